The number of hydrogen-bond donors (Lipinski definition) is 2. The number of ether oxygens (including phenoxy) is 3. The molecule has 1 unspecified atom stereocenters. The maximum absolute atomic E-state index is 12.9. The van der Waals surface area contributed by atoms with Crippen LogP contribution in [0.3, 0.4) is 0 Å². The Bertz CT molecular complexity index is 1200. The number of nitriles is 1. The largest absolute Gasteiger partial charge is 0.497 e. The molecule has 0 amide bonds. The third-order valence-corrected chi connectivity index (χ3v) is 7.23. The van der Waals surface area contributed by atoms with Crippen LogP contribution in [0.5, 0.6) is 5.75 Å². The summed E-state index contributed by atoms with van der Waals surface area (Å²) in [5.41, 5.74) is 15.1. The van der Waals surface area contributed by atoms with Gasteiger partial charge < -0.3 is 25.7 Å². The standard InChI is InChI=1S/C24H25N3O4S/c1-5-30-23(28)19-18-17-15(10-24(2,3)20(18)32-22(19)27)31-21(26)14(11-25)16(17)12-6-8-13(29-4)9-7-12/h6-9,16H,5,10,26-27H2,1-4H3. The molecule has 2 aromatic rings. The number of fused-ring (bicyclic) bond motifs is 2. The highest BCUT2D eigenvalue weighted by atomic mass is 32.1. The number of nitrogen functional groups attached to an aromatic ring is 1. The zero-order chi connectivity index (χ0) is 23.2. The van der Waals surface area contributed by atoms with Crippen LogP contribution in [0.2, 0.25) is 0 Å². The van der Waals surface area contributed by atoms with E-state index in [0.29, 0.717) is 39.6 Å². The van der Waals surface area contributed by atoms with E-state index in [0.717, 1.165) is 16.0 Å². The molecule has 1 aliphatic heterocycles. The third-order valence-electron chi connectivity index (χ3n) is 5.85. The SMILES string of the molecule is CCOC(=O)c1c(N)sc2c1C1=C(CC2(C)C)OC(N)=C(C#N)C1c1ccc(OC)cc1. The summed E-state index contributed by atoms with van der Waals surface area (Å²) in [4.78, 5) is 13.9. The fourth-order valence-electron chi connectivity index (χ4n) is 4.42. The smallest absolute Gasteiger partial charge is 0.341 e. The van der Waals surface area contributed by atoms with E-state index in [9.17, 15) is 10.1 Å². The van der Waals surface area contributed by atoms with Gasteiger partial charge in [-0.1, -0.05) is 26.0 Å². The molecule has 0 saturated carbocycles. The van der Waals surface area contributed by atoms with E-state index in [1.165, 1.54) is 11.3 Å². The van der Waals surface area contributed by atoms with Crippen molar-refractivity contribution in [3.05, 3.63) is 63.0 Å². The molecule has 32 heavy (non-hydrogen) atoms. The van der Waals surface area contributed by atoms with E-state index in [1.54, 1.807) is 14.0 Å². The second-order valence-corrected chi connectivity index (χ2v) is 9.41. The highest BCUT2D eigenvalue weighted by Crippen LogP contribution is 2.57. The van der Waals surface area contributed by atoms with Gasteiger partial charge in [0.05, 0.1) is 19.6 Å². The summed E-state index contributed by atoms with van der Waals surface area (Å²) in [5.74, 6) is 0.423. The number of allylic oxidation sites excluding steroid dienone is 3. The second kappa shape index (κ2) is 7.92. The number of esters is 1. The topological polar surface area (TPSA) is 121 Å². The lowest BCUT2D eigenvalue weighted by atomic mass is 9.70. The normalized spacial score (nSPS) is 18.9. The van der Waals surface area contributed by atoms with Crippen molar-refractivity contribution in [1.29, 1.82) is 5.26 Å². The van der Waals surface area contributed by atoms with Crippen molar-refractivity contribution in [2.45, 2.75) is 38.5 Å². The molecule has 0 fully saturated rings. The van der Waals surface area contributed by atoms with Crippen molar-refractivity contribution in [2.75, 3.05) is 19.5 Å². The fourth-order valence-corrected chi connectivity index (χ4v) is 5.59. The fraction of sp³-hybridized carbons (Fsp3) is 0.333. The Morgan fingerprint density at radius 2 is 2.00 bits per heavy atom. The van der Waals surface area contributed by atoms with Crippen molar-refractivity contribution in [3.8, 4) is 11.8 Å². The predicted octanol–water partition coefficient (Wildman–Crippen LogP) is 4.42. The van der Waals surface area contributed by atoms with Gasteiger partial charge in [-0.05, 0) is 24.6 Å². The Kier molecular flexibility index (Phi) is 5.39. The van der Waals surface area contributed by atoms with Crippen LogP contribution < -0.4 is 16.2 Å². The van der Waals surface area contributed by atoms with E-state index in [-0.39, 0.29) is 17.9 Å². The van der Waals surface area contributed by atoms with E-state index in [1.807, 2.05) is 24.3 Å². The molecule has 7 nitrogen and oxygen atoms in total. The van der Waals surface area contributed by atoms with Crippen LogP contribution in [0.4, 0.5) is 5.00 Å². The number of nitrogens with two attached hydrogens (primary N) is 2. The lowest BCUT2D eigenvalue weighted by molar-refractivity contribution is 0.0527. The maximum atomic E-state index is 12.9. The van der Waals surface area contributed by atoms with E-state index >= 15 is 0 Å². The number of benzene rings is 1. The van der Waals surface area contributed by atoms with Crippen LogP contribution in [-0.2, 0) is 14.9 Å². The predicted molar refractivity (Wildman–Crippen MR) is 123 cm³/mol. The minimum absolute atomic E-state index is 0.0761. The summed E-state index contributed by atoms with van der Waals surface area (Å²) in [5, 5.41) is 10.4. The van der Waals surface area contributed by atoms with Crippen molar-refractivity contribution >= 4 is 27.9 Å². The second-order valence-electron chi connectivity index (χ2n) is 8.36. The average Bonchev–Trinajstić information content (AvgIpc) is 3.11. The first-order chi connectivity index (χ1) is 15.2. The molecule has 2 aliphatic rings. The first-order valence-electron chi connectivity index (χ1n) is 10.3. The molecule has 1 aromatic carbocycles. The Labute approximate surface area is 190 Å². The summed E-state index contributed by atoms with van der Waals surface area (Å²) in [6.07, 6.45) is 0.559. The van der Waals surface area contributed by atoms with Crippen LogP contribution in [0.1, 0.15) is 59.5 Å². The number of methoxy groups -OCH3 is 1. The molecule has 0 spiro atoms. The Morgan fingerprint density at radius 3 is 2.59 bits per heavy atom. The Morgan fingerprint density at radius 1 is 1.31 bits per heavy atom. The van der Waals surface area contributed by atoms with Gasteiger partial charge in [0.25, 0.3) is 0 Å². The third kappa shape index (κ3) is 3.30. The first-order valence-corrected chi connectivity index (χ1v) is 11.1. The molecule has 0 bridgehead atoms. The molecular weight excluding hydrogens is 426 g/mol. The molecule has 4 N–H and O–H groups in total. The van der Waals surface area contributed by atoms with Gasteiger partial charge in [-0.2, -0.15) is 5.26 Å². The van der Waals surface area contributed by atoms with Crippen LogP contribution in [-0.4, -0.2) is 19.7 Å². The van der Waals surface area contributed by atoms with Gasteiger partial charge in [0.1, 0.15) is 33.7 Å². The van der Waals surface area contributed by atoms with Gasteiger partial charge in [-0.15, -0.1) is 11.3 Å². The maximum Gasteiger partial charge on any atom is 0.341 e. The Hall–Kier alpha value is -3.44. The van der Waals surface area contributed by atoms with Crippen molar-refractivity contribution in [2.24, 2.45) is 5.73 Å². The first kappa shape index (κ1) is 21.8. The van der Waals surface area contributed by atoms with Gasteiger partial charge in [0, 0.05) is 27.8 Å². The summed E-state index contributed by atoms with van der Waals surface area (Å²) in [6, 6.07) is 9.66. The summed E-state index contributed by atoms with van der Waals surface area (Å²) in [7, 11) is 1.60. The molecule has 0 saturated heterocycles. The number of anilines is 1. The average molecular weight is 452 g/mol. The van der Waals surface area contributed by atoms with E-state index in [2.05, 4.69) is 19.9 Å². The van der Waals surface area contributed by atoms with Crippen LogP contribution in [0.25, 0.3) is 5.57 Å². The van der Waals surface area contributed by atoms with E-state index in [4.69, 9.17) is 25.7 Å². The molecule has 1 aromatic heterocycles. The number of rotatable bonds is 4. The summed E-state index contributed by atoms with van der Waals surface area (Å²) >= 11 is 1.38. The van der Waals surface area contributed by atoms with Gasteiger partial charge in [-0.3, -0.25) is 0 Å². The zero-order valence-electron chi connectivity index (χ0n) is 18.4. The zero-order valence-corrected chi connectivity index (χ0v) is 19.3. The number of carbonyl (C=O) groups excluding carboxylic acids is 1. The number of thiophene rings is 1. The quantitative estimate of drug-likeness (QED) is 0.660. The molecule has 1 aliphatic carbocycles. The molecule has 0 radical (unpaired) electrons. The number of carbonyl (C=O) groups is 1. The molecule has 1 atom stereocenters. The molecule has 2 heterocycles. The molecule has 166 valence electrons. The highest BCUT2D eigenvalue weighted by Gasteiger charge is 2.45. The molecule has 4 rings (SSSR count). The van der Waals surface area contributed by atoms with Crippen LogP contribution in [0.15, 0.2) is 41.5 Å². The van der Waals surface area contributed by atoms with Gasteiger partial charge >= 0.3 is 5.97 Å². The van der Waals surface area contributed by atoms with Gasteiger partial charge in [-0.25, -0.2) is 4.79 Å². The van der Waals surface area contributed by atoms with E-state index < -0.39 is 11.9 Å². The van der Waals surface area contributed by atoms with Crippen molar-refractivity contribution < 1.29 is 19.0 Å². The number of nitrogens with zero attached hydrogens (tertiary/aromatic N) is 1. The van der Waals surface area contributed by atoms with Crippen LogP contribution in [0, 0.1) is 11.3 Å². The minimum atomic E-state index is -0.508. The number of hydrogen-bond acceptors (Lipinski definition) is 8. The van der Waals surface area contributed by atoms with Gasteiger partial charge in [0.2, 0.25) is 5.88 Å². The van der Waals surface area contributed by atoms with Crippen LogP contribution >= 0.6 is 11.3 Å². The van der Waals surface area contributed by atoms with Crippen molar-refractivity contribution in [1.82, 2.24) is 0 Å². The highest BCUT2D eigenvalue weighted by molar-refractivity contribution is 7.16. The molecule has 8 heteroatoms. The monoisotopic (exact) mass is 451 g/mol. The van der Waals surface area contributed by atoms with Crippen molar-refractivity contribution in [3.63, 3.8) is 0 Å². The Balaban J connectivity index is 2.01. The molecular formula is C24H25N3O4S. The lowest BCUT2D eigenvalue weighted by Crippen LogP contribution is -2.30. The van der Waals surface area contributed by atoms with Gasteiger partial charge in [0.15, 0.2) is 0 Å². The minimum Gasteiger partial charge on any atom is -0.497 e. The summed E-state index contributed by atoms with van der Waals surface area (Å²) < 4.78 is 16.6. The summed E-state index contributed by atoms with van der Waals surface area (Å²) in [6.45, 7) is 6.13. The lowest BCUT2D eigenvalue weighted by Gasteiger charge is -2.38.